The van der Waals surface area contributed by atoms with Crippen LogP contribution in [-0.4, -0.2) is 24.9 Å². The van der Waals surface area contributed by atoms with Crippen molar-refractivity contribution < 1.29 is 9.47 Å². The van der Waals surface area contributed by atoms with Gasteiger partial charge in [0.25, 0.3) is 0 Å². The molecule has 0 amide bonds. The number of epoxide rings is 1. The van der Waals surface area contributed by atoms with Gasteiger partial charge in [-0.15, -0.1) is 6.42 Å². The van der Waals surface area contributed by atoms with Gasteiger partial charge in [0.15, 0.2) is 0 Å². The van der Waals surface area contributed by atoms with Crippen LogP contribution in [0, 0.1) is 18.3 Å². The van der Waals surface area contributed by atoms with E-state index in [-0.39, 0.29) is 5.60 Å². The van der Waals surface area contributed by atoms with Crippen LogP contribution in [0.1, 0.15) is 47.0 Å². The molecule has 0 aromatic carbocycles. The molecule has 20 heavy (non-hydrogen) atoms. The Labute approximate surface area is 124 Å². The molecule has 2 nitrogen and oxygen atoms in total. The quantitative estimate of drug-likeness (QED) is 0.273. The minimum Gasteiger partial charge on any atom is -0.367 e. The summed E-state index contributed by atoms with van der Waals surface area (Å²) in [5.74, 6) is 3.16. The van der Waals surface area contributed by atoms with Gasteiger partial charge >= 0.3 is 0 Å². The van der Waals surface area contributed by atoms with E-state index < -0.39 is 0 Å². The van der Waals surface area contributed by atoms with Gasteiger partial charge in [0.05, 0.1) is 18.3 Å². The summed E-state index contributed by atoms with van der Waals surface area (Å²) in [5.41, 5.74) is 1.36. The van der Waals surface area contributed by atoms with Crippen LogP contribution in [0.4, 0.5) is 0 Å². The second-order valence-electron chi connectivity index (χ2n) is 6.20. The van der Waals surface area contributed by atoms with Gasteiger partial charge in [-0.05, 0) is 46.0 Å². The van der Waals surface area contributed by atoms with Gasteiger partial charge in [-0.3, -0.25) is 0 Å². The van der Waals surface area contributed by atoms with Crippen LogP contribution < -0.4 is 0 Å². The lowest BCUT2D eigenvalue weighted by molar-refractivity contribution is 0.199. The SMILES string of the molecule is C#CCOC/C=C(C)/C=C/CC(C)CCC1OC1(C)C. The molecule has 112 valence electrons. The number of terminal acetylenes is 1. The van der Waals surface area contributed by atoms with Gasteiger partial charge in [0.1, 0.15) is 6.61 Å². The van der Waals surface area contributed by atoms with Gasteiger partial charge in [-0.2, -0.15) is 0 Å². The molecule has 0 bridgehead atoms. The van der Waals surface area contributed by atoms with Crippen molar-refractivity contribution in [2.24, 2.45) is 5.92 Å². The first-order valence-corrected chi connectivity index (χ1v) is 7.48. The first-order chi connectivity index (χ1) is 9.45. The molecule has 1 fully saturated rings. The summed E-state index contributed by atoms with van der Waals surface area (Å²) in [4.78, 5) is 0. The Morgan fingerprint density at radius 3 is 2.80 bits per heavy atom. The average molecular weight is 276 g/mol. The molecule has 2 heteroatoms. The summed E-state index contributed by atoms with van der Waals surface area (Å²) in [6.45, 7) is 9.68. The molecule has 0 N–H and O–H groups in total. The third kappa shape index (κ3) is 6.93. The number of hydrogen-bond acceptors (Lipinski definition) is 2. The second-order valence-corrected chi connectivity index (χ2v) is 6.20. The largest absolute Gasteiger partial charge is 0.367 e. The maximum absolute atomic E-state index is 5.61. The third-order valence-corrected chi connectivity index (χ3v) is 3.71. The van der Waals surface area contributed by atoms with Gasteiger partial charge in [-0.25, -0.2) is 0 Å². The summed E-state index contributed by atoms with van der Waals surface area (Å²) < 4.78 is 10.8. The fourth-order valence-electron chi connectivity index (χ4n) is 2.16. The van der Waals surface area contributed by atoms with Crippen LogP contribution in [0.2, 0.25) is 0 Å². The molecule has 1 saturated heterocycles. The predicted molar refractivity (Wildman–Crippen MR) is 84.5 cm³/mol. The summed E-state index contributed by atoms with van der Waals surface area (Å²) in [5, 5.41) is 0. The lowest BCUT2D eigenvalue weighted by atomic mass is 9.97. The van der Waals surface area contributed by atoms with Gasteiger partial charge < -0.3 is 9.47 Å². The fourth-order valence-corrected chi connectivity index (χ4v) is 2.16. The molecule has 0 spiro atoms. The zero-order chi connectivity index (χ0) is 15.0. The number of allylic oxidation sites excluding steroid dienone is 3. The number of rotatable bonds is 9. The zero-order valence-electron chi connectivity index (χ0n) is 13.3. The maximum atomic E-state index is 5.61. The summed E-state index contributed by atoms with van der Waals surface area (Å²) in [7, 11) is 0. The Balaban J connectivity index is 2.11. The molecule has 1 heterocycles. The van der Waals surface area contributed by atoms with Gasteiger partial charge in [-0.1, -0.05) is 36.6 Å². The molecule has 0 aromatic heterocycles. The lowest BCUT2D eigenvalue weighted by Crippen LogP contribution is -2.04. The predicted octanol–water partition coefficient (Wildman–Crippen LogP) is 4.12. The van der Waals surface area contributed by atoms with Crippen molar-refractivity contribution >= 4 is 0 Å². The van der Waals surface area contributed by atoms with Crippen LogP contribution in [0.15, 0.2) is 23.8 Å². The fraction of sp³-hybridized carbons (Fsp3) is 0.667. The molecule has 2 atom stereocenters. The highest BCUT2D eigenvalue weighted by atomic mass is 16.6. The minimum absolute atomic E-state index is 0.132. The average Bonchev–Trinajstić information content (AvgIpc) is 3.00. The number of ether oxygens (including phenoxy) is 2. The summed E-state index contributed by atoms with van der Waals surface area (Å²) in [6, 6.07) is 0. The van der Waals surface area contributed by atoms with E-state index in [1.807, 2.05) is 0 Å². The Hall–Kier alpha value is -1.04. The Morgan fingerprint density at radius 1 is 1.50 bits per heavy atom. The molecular weight excluding hydrogens is 248 g/mol. The lowest BCUT2D eigenvalue weighted by Gasteiger charge is -2.07. The van der Waals surface area contributed by atoms with Crippen LogP contribution in [-0.2, 0) is 9.47 Å². The zero-order valence-corrected chi connectivity index (χ0v) is 13.3. The molecule has 1 aliphatic heterocycles. The Morgan fingerprint density at radius 2 is 2.20 bits per heavy atom. The van der Waals surface area contributed by atoms with Crippen molar-refractivity contribution in [2.75, 3.05) is 13.2 Å². The Kier molecular flexibility index (Phi) is 7.05. The van der Waals surface area contributed by atoms with Crippen molar-refractivity contribution in [3.05, 3.63) is 23.8 Å². The van der Waals surface area contributed by atoms with E-state index in [1.54, 1.807) is 0 Å². The van der Waals surface area contributed by atoms with Gasteiger partial charge in [0.2, 0.25) is 0 Å². The first kappa shape index (κ1) is 17.0. The standard InChI is InChI=1S/C18H28O2/c1-6-13-19-14-12-16(3)9-7-8-15(2)10-11-17-18(4,5)20-17/h1,7,9,12,15,17H,8,10-11,13-14H2,2-5H3/b9-7+,16-12+. The summed E-state index contributed by atoms with van der Waals surface area (Å²) >= 11 is 0. The smallest absolute Gasteiger partial charge is 0.107 e. The van der Waals surface area contributed by atoms with E-state index in [0.717, 1.165) is 6.42 Å². The monoisotopic (exact) mass is 276 g/mol. The molecule has 0 aromatic rings. The molecule has 1 aliphatic rings. The molecular formula is C18H28O2. The van der Waals surface area contributed by atoms with E-state index in [4.69, 9.17) is 15.9 Å². The molecule has 1 rings (SSSR count). The van der Waals surface area contributed by atoms with Crippen molar-refractivity contribution in [1.82, 2.24) is 0 Å². The third-order valence-electron chi connectivity index (χ3n) is 3.71. The van der Waals surface area contributed by atoms with Crippen molar-refractivity contribution in [2.45, 2.75) is 58.7 Å². The van der Waals surface area contributed by atoms with E-state index in [2.05, 4.69) is 51.8 Å². The van der Waals surface area contributed by atoms with Crippen LogP contribution in [0.25, 0.3) is 0 Å². The highest BCUT2D eigenvalue weighted by Crippen LogP contribution is 2.39. The van der Waals surface area contributed by atoms with E-state index in [1.165, 1.54) is 18.4 Å². The van der Waals surface area contributed by atoms with Crippen molar-refractivity contribution in [1.29, 1.82) is 0 Å². The van der Waals surface area contributed by atoms with Crippen molar-refractivity contribution in [3.63, 3.8) is 0 Å². The van der Waals surface area contributed by atoms with E-state index in [9.17, 15) is 0 Å². The highest BCUT2D eigenvalue weighted by molar-refractivity contribution is 5.15. The van der Waals surface area contributed by atoms with Crippen LogP contribution in [0.3, 0.4) is 0 Å². The Bertz CT molecular complexity index is 385. The minimum atomic E-state index is 0.132. The molecule has 0 saturated carbocycles. The topological polar surface area (TPSA) is 21.8 Å². The van der Waals surface area contributed by atoms with Gasteiger partial charge in [0, 0.05) is 0 Å². The maximum Gasteiger partial charge on any atom is 0.107 e. The normalized spacial score (nSPS) is 22.8. The molecule has 0 aliphatic carbocycles. The van der Waals surface area contributed by atoms with Crippen LogP contribution >= 0.6 is 0 Å². The van der Waals surface area contributed by atoms with Crippen molar-refractivity contribution in [3.8, 4) is 12.3 Å². The highest BCUT2D eigenvalue weighted by Gasteiger charge is 2.46. The van der Waals surface area contributed by atoms with E-state index in [0.29, 0.717) is 25.2 Å². The van der Waals surface area contributed by atoms with E-state index >= 15 is 0 Å². The number of hydrogen-bond donors (Lipinski definition) is 0. The first-order valence-electron chi connectivity index (χ1n) is 7.48. The molecule has 2 unspecified atom stereocenters. The second kappa shape index (κ2) is 8.29. The molecule has 0 radical (unpaired) electrons. The summed E-state index contributed by atoms with van der Waals surface area (Å²) in [6.07, 6.45) is 15.6. The van der Waals surface area contributed by atoms with Crippen LogP contribution in [0.5, 0.6) is 0 Å².